The van der Waals surface area contributed by atoms with Crippen LogP contribution in [0.1, 0.15) is 23.8 Å². The Balaban J connectivity index is 1.86. The molecule has 6 nitrogen and oxygen atoms in total. The van der Waals surface area contributed by atoms with E-state index in [1.54, 1.807) is 27.0 Å². The van der Waals surface area contributed by atoms with Crippen molar-refractivity contribution in [1.29, 1.82) is 0 Å². The highest BCUT2D eigenvalue weighted by Crippen LogP contribution is 2.26. The second-order valence-electron chi connectivity index (χ2n) is 5.66. The lowest BCUT2D eigenvalue weighted by atomic mass is 10.2. The smallest absolute Gasteiger partial charge is 0.274 e. The van der Waals surface area contributed by atoms with E-state index in [4.69, 9.17) is 0 Å². The molecule has 0 radical (unpaired) electrons. The van der Waals surface area contributed by atoms with Crippen molar-refractivity contribution in [1.82, 2.24) is 14.7 Å². The number of aryl methyl sites for hydroxylation is 1. The SMILES string of the molecule is CCN(C(=O)c1cc(-c2cccs2)n(C)n1)C1CCS(=O)(=O)C1. The molecule has 0 aromatic carbocycles. The van der Waals surface area contributed by atoms with Gasteiger partial charge in [0.2, 0.25) is 0 Å². The second kappa shape index (κ2) is 6.09. The average Bonchev–Trinajstić information content (AvgIpc) is 3.19. The van der Waals surface area contributed by atoms with Crippen LogP contribution in [-0.4, -0.2) is 53.1 Å². The van der Waals surface area contributed by atoms with Crippen molar-refractivity contribution in [3.8, 4) is 10.6 Å². The van der Waals surface area contributed by atoms with Gasteiger partial charge in [0.1, 0.15) is 0 Å². The molecule has 3 heterocycles. The molecule has 2 aromatic heterocycles. The highest BCUT2D eigenvalue weighted by atomic mass is 32.2. The van der Waals surface area contributed by atoms with E-state index in [9.17, 15) is 13.2 Å². The molecule has 0 N–H and O–H groups in total. The lowest BCUT2D eigenvalue weighted by Crippen LogP contribution is -2.41. The number of hydrogen-bond acceptors (Lipinski definition) is 5. The molecule has 1 unspecified atom stereocenters. The number of rotatable bonds is 4. The lowest BCUT2D eigenvalue weighted by molar-refractivity contribution is 0.0701. The molecule has 1 fully saturated rings. The van der Waals surface area contributed by atoms with E-state index >= 15 is 0 Å². The molecule has 23 heavy (non-hydrogen) atoms. The summed E-state index contributed by atoms with van der Waals surface area (Å²) >= 11 is 1.59. The summed E-state index contributed by atoms with van der Waals surface area (Å²) in [6.45, 7) is 2.34. The normalized spacial score (nSPS) is 19.8. The van der Waals surface area contributed by atoms with E-state index in [2.05, 4.69) is 5.10 Å². The molecule has 0 saturated carbocycles. The molecule has 1 saturated heterocycles. The molecule has 0 aliphatic carbocycles. The quantitative estimate of drug-likeness (QED) is 0.840. The highest BCUT2D eigenvalue weighted by Gasteiger charge is 2.35. The van der Waals surface area contributed by atoms with Gasteiger partial charge in [-0.3, -0.25) is 9.48 Å². The third-order valence-corrected chi connectivity index (χ3v) is 6.77. The maximum Gasteiger partial charge on any atom is 0.274 e. The van der Waals surface area contributed by atoms with Gasteiger partial charge in [-0.15, -0.1) is 11.3 Å². The van der Waals surface area contributed by atoms with Gasteiger partial charge < -0.3 is 4.90 Å². The van der Waals surface area contributed by atoms with Crippen LogP contribution in [0, 0.1) is 0 Å². The Morgan fingerprint density at radius 1 is 1.52 bits per heavy atom. The van der Waals surface area contributed by atoms with Gasteiger partial charge in [-0.2, -0.15) is 5.10 Å². The first-order valence-electron chi connectivity index (χ1n) is 7.50. The second-order valence-corrected chi connectivity index (χ2v) is 8.84. The molecule has 1 amide bonds. The molecule has 1 aliphatic heterocycles. The monoisotopic (exact) mass is 353 g/mol. The Kier molecular flexibility index (Phi) is 4.29. The molecule has 0 spiro atoms. The molecular weight excluding hydrogens is 334 g/mol. The van der Waals surface area contributed by atoms with Gasteiger partial charge >= 0.3 is 0 Å². The summed E-state index contributed by atoms with van der Waals surface area (Å²) in [6.07, 6.45) is 0.506. The Bertz CT molecular complexity index is 809. The van der Waals surface area contributed by atoms with E-state index in [1.807, 2.05) is 31.5 Å². The fourth-order valence-corrected chi connectivity index (χ4v) is 5.47. The molecule has 1 atom stereocenters. The van der Waals surface area contributed by atoms with E-state index in [1.165, 1.54) is 0 Å². The molecule has 2 aromatic rings. The molecule has 3 rings (SSSR count). The van der Waals surface area contributed by atoms with Crippen molar-refractivity contribution in [2.75, 3.05) is 18.1 Å². The first-order chi connectivity index (χ1) is 10.9. The van der Waals surface area contributed by atoms with E-state index < -0.39 is 9.84 Å². The number of carbonyl (C=O) groups excluding carboxylic acids is 1. The Morgan fingerprint density at radius 3 is 2.87 bits per heavy atom. The number of hydrogen-bond donors (Lipinski definition) is 0. The van der Waals surface area contributed by atoms with Crippen LogP contribution in [-0.2, 0) is 16.9 Å². The van der Waals surface area contributed by atoms with Crippen molar-refractivity contribution >= 4 is 27.1 Å². The predicted molar refractivity (Wildman–Crippen MR) is 90.3 cm³/mol. The summed E-state index contributed by atoms with van der Waals surface area (Å²) in [5.74, 6) is 0.00871. The summed E-state index contributed by atoms with van der Waals surface area (Å²) < 4.78 is 25.0. The van der Waals surface area contributed by atoms with Crippen molar-refractivity contribution in [3.63, 3.8) is 0 Å². The first kappa shape index (κ1) is 16.2. The summed E-state index contributed by atoms with van der Waals surface area (Å²) in [7, 11) is -1.21. The van der Waals surface area contributed by atoms with E-state index in [0.29, 0.717) is 18.7 Å². The third-order valence-electron chi connectivity index (χ3n) is 4.12. The fraction of sp³-hybridized carbons (Fsp3) is 0.467. The van der Waals surface area contributed by atoms with Crippen LogP contribution < -0.4 is 0 Å². The predicted octanol–water partition coefficient (Wildman–Crippen LogP) is 1.80. The number of nitrogens with zero attached hydrogens (tertiary/aromatic N) is 3. The van der Waals surface area contributed by atoms with Crippen LogP contribution in [0.2, 0.25) is 0 Å². The van der Waals surface area contributed by atoms with Crippen molar-refractivity contribution in [2.45, 2.75) is 19.4 Å². The van der Waals surface area contributed by atoms with Crippen LogP contribution in [0.25, 0.3) is 10.6 Å². The number of thiophene rings is 1. The summed E-state index contributed by atoms with van der Waals surface area (Å²) in [6, 6.07) is 5.47. The minimum atomic E-state index is -3.02. The van der Waals surface area contributed by atoms with Crippen molar-refractivity contribution in [3.05, 3.63) is 29.3 Å². The van der Waals surface area contributed by atoms with Gasteiger partial charge in [0.25, 0.3) is 5.91 Å². The van der Waals surface area contributed by atoms with Crippen LogP contribution in [0.3, 0.4) is 0 Å². The highest BCUT2D eigenvalue weighted by molar-refractivity contribution is 7.91. The van der Waals surface area contributed by atoms with Gasteiger partial charge in [-0.25, -0.2) is 8.42 Å². The molecule has 1 aliphatic rings. The average molecular weight is 353 g/mol. The lowest BCUT2D eigenvalue weighted by Gasteiger charge is -2.25. The molecule has 0 bridgehead atoms. The maximum atomic E-state index is 12.8. The fourth-order valence-electron chi connectivity index (χ4n) is 2.96. The zero-order chi connectivity index (χ0) is 16.6. The van der Waals surface area contributed by atoms with Crippen LogP contribution in [0.4, 0.5) is 0 Å². The minimum Gasteiger partial charge on any atom is -0.333 e. The Morgan fingerprint density at radius 2 is 2.30 bits per heavy atom. The Labute approximate surface area is 139 Å². The van der Waals surface area contributed by atoms with Crippen LogP contribution in [0.5, 0.6) is 0 Å². The topological polar surface area (TPSA) is 72.3 Å². The van der Waals surface area contributed by atoms with Crippen LogP contribution >= 0.6 is 11.3 Å². The number of aromatic nitrogens is 2. The number of carbonyl (C=O) groups is 1. The minimum absolute atomic E-state index is 0.0528. The summed E-state index contributed by atoms with van der Waals surface area (Å²) in [5, 5.41) is 6.30. The number of sulfone groups is 1. The van der Waals surface area contributed by atoms with E-state index in [-0.39, 0.29) is 23.5 Å². The summed E-state index contributed by atoms with van der Waals surface area (Å²) in [4.78, 5) is 15.4. The largest absolute Gasteiger partial charge is 0.333 e. The zero-order valence-electron chi connectivity index (χ0n) is 13.1. The van der Waals surface area contributed by atoms with Gasteiger partial charge in [0.05, 0.1) is 22.1 Å². The van der Waals surface area contributed by atoms with Gasteiger partial charge in [0, 0.05) is 19.6 Å². The van der Waals surface area contributed by atoms with Gasteiger partial charge in [-0.05, 0) is 30.9 Å². The first-order valence-corrected chi connectivity index (χ1v) is 10.2. The van der Waals surface area contributed by atoms with Crippen LogP contribution in [0.15, 0.2) is 23.6 Å². The maximum absolute atomic E-state index is 12.8. The van der Waals surface area contributed by atoms with Crippen molar-refractivity contribution in [2.24, 2.45) is 7.05 Å². The van der Waals surface area contributed by atoms with Gasteiger partial charge in [-0.1, -0.05) is 6.07 Å². The molecule has 124 valence electrons. The van der Waals surface area contributed by atoms with Crippen molar-refractivity contribution < 1.29 is 13.2 Å². The van der Waals surface area contributed by atoms with E-state index in [0.717, 1.165) is 10.6 Å². The third kappa shape index (κ3) is 3.18. The van der Waals surface area contributed by atoms with Gasteiger partial charge in [0.15, 0.2) is 15.5 Å². The number of amides is 1. The molecule has 8 heteroatoms. The summed E-state index contributed by atoms with van der Waals surface area (Å²) in [5.41, 5.74) is 1.25. The Hall–Kier alpha value is -1.67. The zero-order valence-corrected chi connectivity index (χ0v) is 14.7. The standard InChI is InChI=1S/C15H19N3O3S2/c1-3-18(11-6-8-23(20,21)10-11)15(19)12-9-13(17(2)16-12)14-5-4-7-22-14/h4-5,7,9,11H,3,6,8,10H2,1-2H3. The molecular formula is C15H19N3O3S2.